The van der Waals surface area contributed by atoms with Crippen molar-refractivity contribution in [1.82, 2.24) is 0 Å². The predicted molar refractivity (Wildman–Crippen MR) is 93.0 cm³/mol. The summed E-state index contributed by atoms with van der Waals surface area (Å²) in [6, 6.07) is 9.02. The SMILES string of the molecule is CC1=CC[C@H](I)C(C)(C)C1CCc1ccc(C)cc1. The first-order chi connectivity index (χ1) is 8.91. The molecule has 0 aliphatic heterocycles. The largest absolute Gasteiger partial charge is 0.0842 e. The van der Waals surface area contributed by atoms with Crippen LogP contribution in [0.15, 0.2) is 35.9 Å². The minimum atomic E-state index is 0.421. The minimum absolute atomic E-state index is 0.421. The molecular formula is C18H25I. The van der Waals surface area contributed by atoms with Gasteiger partial charge in [-0.05, 0) is 50.0 Å². The van der Waals surface area contributed by atoms with Crippen LogP contribution in [-0.4, -0.2) is 3.92 Å². The van der Waals surface area contributed by atoms with E-state index in [-0.39, 0.29) is 0 Å². The van der Waals surface area contributed by atoms with Gasteiger partial charge in [0.25, 0.3) is 0 Å². The van der Waals surface area contributed by atoms with E-state index in [1.165, 1.54) is 30.4 Å². The summed E-state index contributed by atoms with van der Waals surface area (Å²) in [6.07, 6.45) is 6.17. The van der Waals surface area contributed by atoms with Crippen LogP contribution in [0.4, 0.5) is 0 Å². The monoisotopic (exact) mass is 368 g/mol. The van der Waals surface area contributed by atoms with E-state index in [1.807, 2.05) is 0 Å². The van der Waals surface area contributed by atoms with Crippen molar-refractivity contribution in [3.63, 3.8) is 0 Å². The molecule has 0 saturated heterocycles. The average Bonchev–Trinajstić information content (AvgIpc) is 2.36. The Morgan fingerprint density at radius 3 is 2.42 bits per heavy atom. The highest BCUT2D eigenvalue weighted by atomic mass is 127. The summed E-state index contributed by atoms with van der Waals surface area (Å²) in [5.74, 6) is 0.726. The molecule has 2 rings (SSSR count). The van der Waals surface area contributed by atoms with Crippen molar-refractivity contribution in [2.24, 2.45) is 11.3 Å². The lowest BCUT2D eigenvalue weighted by Crippen LogP contribution is -2.36. The highest BCUT2D eigenvalue weighted by Crippen LogP contribution is 2.46. The van der Waals surface area contributed by atoms with Gasteiger partial charge in [-0.15, -0.1) is 0 Å². The number of hydrogen-bond acceptors (Lipinski definition) is 0. The molecule has 0 N–H and O–H groups in total. The molecule has 1 heteroatoms. The van der Waals surface area contributed by atoms with Crippen LogP contribution < -0.4 is 0 Å². The lowest BCUT2D eigenvalue weighted by atomic mass is 9.67. The van der Waals surface area contributed by atoms with Crippen LogP contribution in [0.5, 0.6) is 0 Å². The number of halogens is 1. The van der Waals surface area contributed by atoms with Crippen molar-refractivity contribution in [2.75, 3.05) is 0 Å². The molecule has 0 aromatic heterocycles. The molecule has 1 aromatic rings. The van der Waals surface area contributed by atoms with Gasteiger partial charge in [-0.3, -0.25) is 0 Å². The van der Waals surface area contributed by atoms with E-state index < -0.39 is 0 Å². The van der Waals surface area contributed by atoms with Crippen LogP contribution in [-0.2, 0) is 6.42 Å². The summed E-state index contributed by atoms with van der Waals surface area (Å²) in [6.45, 7) is 9.37. The predicted octanol–water partition coefficient (Wildman–Crippen LogP) is 5.72. The number of hydrogen-bond donors (Lipinski definition) is 0. The quantitative estimate of drug-likeness (QED) is 0.363. The van der Waals surface area contributed by atoms with Crippen LogP contribution in [0.25, 0.3) is 0 Å². The molecule has 0 spiro atoms. The van der Waals surface area contributed by atoms with Crippen LogP contribution in [0.2, 0.25) is 0 Å². The Morgan fingerprint density at radius 1 is 1.16 bits per heavy atom. The molecule has 1 aliphatic carbocycles. The highest BCUT2D eigenvalue weighted by molar-refractivity contribution is 14.1. The first-order valence-electron chi connectivity index (χ1n) is 7.27. The summed E-state index contributed by atoms with van der Waals surface area (Å²) >= 11 is 2.64. The molecule has 0 amide bonds. The maximum atomic E-state index is 2.64. The first-order valence-corrected chi connectivity index (χ1v) is 8.52. The Hall–Kier alpha value is -0.310. The molecule has 0 heterocycles. The molecule has 0 fully saturated rings. The maximum Gasteiger partial charge on any atom is 0.0201 e. The highest BCUT2D eigenvalue weighted by Gasteiger charge is 2.38. The van der Waals surface area contributed by atoms with Gasteiger partial charge in [-0.1, -0.05) is 77.9 Å². The van der Waals surface area contributed by atoms with Gasteiger partial charge in [0.05, 0.1) is 0 Å². The zero-order valence-corrected chi connectivity index (χ0v) is 14.7. The Kier molecular flexibility index (Phi) is 4.75. The number of benzene rings is 1. The molecule has 0 bridgehead atoms. The molecule has 1 aromatic carbocycles. The summed E-state index contributed by atoms with van der Waals surface area (Å²) in [4.78, 5) is 0. The van der Waals surface area contributed by atoms with Crippen LogP contribution in [0.1, 0.15) is 44.7 Å². The Morgan fingerprint density at radius 2 is 1.79 bits per heavy atom. The van der Waals surface area contributed by atoms with Gasteiger partial charge in [0, 0.05) is 3.92 Å². The van der Waals surface area contributed by atoms with Gasteiger partial charge < -0.3 is 0 Å². The lowest BCUT2D eigenvalue weighted by Gasteiger charge is -2.42. The van der Waals surface area contributed by atoms with Gasteiger partial charge in [-0.25, -0.2) is 0 Å². The van der Waals surface area contributed by atoms with Gasteiger partial charge in [0.15, 0.2) is 0 Å². The van der Waals surface area contributed by atoms with Crippen molar-refractivity contribution in [3.8, 4) is 0 Å². The first kappa shape index (κ1) is 15.1. The van der Waals surface area contributed by atoms with Crippen molar-refractivity contribution in [1.29, 1.82) is 0 Å². The smallest absolute Gasteiger partial charge is 0.0201 e. The second kappa shape index (κ2) is 5.99. The van der Waals surface area contributed by atoms with Crippen LogP contribution in [0, 0.1) is 18.3 Å². The normalized spacial score (nSPS) is 26.1. The van der Waals surface area contributed by atoms with E-state index in [0.29, 0.717) is 5.41 Å². The lowest BCUT2D eigenvalue weighted by molar-refractivity contribution is 0.221. The molecule has 0 saturated carbocycles. The third kappa shape index (κ3) is 3.42. The van der Waals surface area contributed by atoms with E-state index in [4.69, 9.17) is 0 Å². The molecule has 0 nitrogen and oxygen atoms in total. The number of allylic oxidation sites excluding steroid dienone is 2. The zero-order valence-electron chi connectivity index (χ0n) is 12.5. The second-order valence-electron chi connectivity index (χ2n) is 6.55. The fourth-order valence-electron chi connectivity index (χ4n) is 3.21. The molecule has 19 heavy (non-hydrogen) atoms. The number of aryl methyl sites for hydroxylation is 2. The van der Waals surface area contributed by atoms with Crippen LogP contribution in [0.3, 0.4) is 0 Å². The summed E-state index contributed by atoms with van der Waals surface area (Å²) in [5.41, 5.74) is 4.85. The van der Waals surface area contributed by atoms with Crippen molar-refractivity contribution >= 4 is 22.6 Å². The fourth-order valence-corrected chi connectivity index (χ4v) is 3.89. The molecule has 1 unspecified atom stereocenters. The van der Waals surface area contributed by atoms with E-state index in [0.717, 1.165) is 9.84 Å². The number of rotatable bonds is 3. The van der Waals surface area contributed by atoms with E-state index >= 15 is 0 Å². The fraction of sp³-hybridized carbons (Fsp3) is 0.556. The summed E-state index contributed by atoms with van der Waals surface area (Å²) < 4.78 is 0.761. The second-order valence-corrected chi connectivity index (χ2v) is 8.05. The Bertz CT molecular complexity index is 453. The average molecular weight is 368 g/mol. The van der Waals surface area contributed by atoms with Gasteiger partial charge in [0.1, 0.15) is 0 Å². The molecule has 2 atom stereocenters. The summed E-state index contributed by atoms with van der Waals surface area (Å²) in [7, 11) is 0. The van der Waals surface area contributed by atoms with Crippen LogP contribution >= 0.6 is 22.6 Å². The summed E-state index contributed by atoms with van der Waals surface area (Å²) in [5, 5.41) is 0. The molecule has 1 aliphatic rings. The Labute approximate surface area is 131 Å². The van der Waals surface area contributed by atoms with Gasteiger partial charge in [0.2, 0.25) is 0 Å². The minimum Gasteiger partial charge on any atom is -0.0842 e. The third-order valence-corrected chi connectivity index (χ3v) is 6.86. The topological polar surface area (TPSA) is 0 Å². The molecule has 104 valence electrons. The third-order valence-electron chi connectivity index (χ3n) is 4.74. The molecule has 0 radical (unpaired) electrons. The van der Waals surface area contributed by atoms with Gasteiger partial charge in [-0.2, -0.15) is 0 Å². The van der Waals surface area contributed by atoms with E-state index in [1.54, 1.807) is 5.57 Å². The molecular weight excluding hydrogens is 343 g/mol. The van der Waals surface area contributed by atoms with Crippen molar-refractivity contribution in [2.45, 2.75) is 50.9 Å². The zero-order chi connectivity index (χ0) is 14.0. The van der Waals surface area contributed by atoms with Crippen molar-refractivity contribution in [3.05, 3.63) is 47.0 Å². The van der Waals surface area contributed by atoms with Gasteiger partial charge >= 0.3 is 0 Å². The number of alkyl halides is 1. The van der Waals surface area contributed by atoms with E-state index in [2.05, 4.69) is 80.6 Å². The van der Waals surface area contributed by atoms with E-state index in [9.17, 15) is 0 Å². The Balaban J connectivity index is 2.07. The standard InChI is InChI=1S/C18H25I/c1-13-5-8-15(9-6-13)10-11-16-14(2)7-12-17(19)18(16,3)4/h5-9,16-17H,10-12H2,1-4H3/t16?,17-/m0/s1. The van der Waals surface area contributed by atoms with Crippen molar-refractivity contribution < 1.29 is 0 Å². The maximum absolute atomic E-state index is 2.64.